The molecule has 1 heterocycles. The molecule has 4 rings (SSSR count). The van der Waals surface area contributed by atoms with E-state index >= 15 is 0 Å². The van der Waals surface area contributed by atoms with Crippen LogP contribution >= 0.6 is 11.6 Å². The molecule has 0 saturated carbocycles. The number of nitro groups is 1. The summed E-state index contributed by atoms with van der Waals surface area (Å²) in [6.45, 7) is 3.41. The molecule has 0 radical (unpaired) electrons. The van der Waals surface area contributed by atoms with Gasteiger partial charge in [0.05, 0.1) is 4.92 Å². The molecule has 1 amide bonds. The van der Waals surface area contributed by atoms with Gasteiger partial charge in [-0.3, -0.25) is 14.9 Å². The van der Waals surface area contributed by atoms with E-state index in [2.05, 4.69) is 10.3 Å². The van der Waals surface area contributed by atoms with Crippen LogP contribution in [0, 0.1) is 24.0 Å². The first kappa shape index (κ1) is 19.6. The molecular weight excluding hydrogens is 406 g/mol. The Labute approximate surface area is 176 Å². The van der Waals surface area contributed by atoms with E-state index in [9.17, 15) is 14.9 Å². The highest BCUT2D eigenvalue weighted by Gasteiger charge is 2.19. The zero-order chi connectivity index (χ0) is 21.4. The number of aromatic nitrogens is 1. The third-order valence-corrected chi connectivity index (χ3v) is 5.06. The molecule has 0 unspecified atom stereocenters. The van der Waals surface area contributed by atoms with Crippen molar-refractivity contribution in [1.82, 2.24) is 4.98 Å². The van der Waals surface area contributed by atoms with E-state index in [0.717, 1.165) is 5.56 Å². The maximum absolute atomic E-state index is 12.8. The number of amides is 1. The zero-order valence-corrected chi connectivity index (χ0v) is 16.9. The summed E-state index contributed by atoms with van der Waals surface area (Å²) in [4.78, 5) is 27.9. The second-order valence-electron chi connectivity index (χ2n) is 6.82. The summed E-state index contributed by atoms with van der Waals surface area (Å²) in [5.74, 6) is -0.0323. The van der Waals surface area contributed by atoms with Crippen LogP contribution in [0.5, 0.6) is 0 Å². The van der Waals surface area contributed by atoms with Crippen molar-refractivity contribution < 1.29 is 14.1 Å². The number of nitrogens with one attached hydrogen (secondary N) is 1. The molecule has 0 atom stereocenters. The number of carbonyl (C=O) groups is 1. The number of nitro benzene ring substituents is 1. The zero-order valence-electron chi connectivity index (χ0n) is 16.1. The molecule has 7 nitrogen and oxygen atoms in total. The van der Waals surface area contributed by atoms with E-state index in [-0.39, 0.29) is 11.3 Å². The number of fused-ring (bicyclic) bond motifs is 1. The number of hydrogen-bond donors (Lipinski definition) is 1. The number of halogens is 1. The molecule has 0 aliphatic carbocycles. The van der Waals surface area contributed by atoms with Gasteiger partial charge < -0.3 is 9.73 Å². The Bertz CT molecular complexity index is 1310. The van der Waals surface area contributed by atoms with Crippen LogP contribution in [-0.4, -0.2) is 15.8 Å². The molecule has 4 aromatic rings. The lowest BCUT2D eigenvalue weighted by Gasteiger charge is -2.11. The molecule has 0 bridgehead atoms. The van der Waals surface area contributed by atoms with Gasteiger partial charge in [0, 0.05) is 33.5 Å². The number of anilines is 1. The Morgan fingerprint density at radius 2 is 1.93 bits per heavy atom. The maximum atomic E-state index is 12.8. The summed E-state index contributed by atoms with van der Waals surface area (Å²) < 4.78 is 5.80. The third kappa shape index (κ3) is 3.62. The molecule has 0 saturated heterocycles. The fourth-order valence-corrected chi connectivity index (χ4v) is 3.34. The first-order valence-corrected chi connectivity index (χ1v) is 9.44. The van der Waals surface area contributed by atoms with Crippen molar-refractivity contribution in [2.24, 2.45) is 0 Å². The highest BCUT2D eigenvalue weighted by molar-refractivity contribution is 6.31. The van der Waals surface area contributed by atoms with Gasteiger partial charge in [-0.15, -0.1) is 0 Å². The molecule has 30 heavy (non-hydrogen) atoms. The minimum Gasteiger partial charge on any atom is -0.436 e. The first-order chi connectivity index (χ1) is 14.3. The van der Waals surface area contributed by atoms with Gasteiger partial charge in [-0.2, -0.15) is 0 Å². The van der Waals surface area contributed by atoms with Gasteiger partial charge in [-0.05, 0) is 55.8 Å². The van der Waals surface area contributed by atoms with E-state index < -0.39 is 10.8 Å². The summed E-state index contributed by atoms with van der Waals surface area (Å²) in [5, 5.41) is 14.5. The van der Waals surface area contributed by atoms with Gasteiger partial charge in [0.25, 0.3) is 11.6 Å². The normalized spacial score (nSPS) is 10.9. The van der Waals surface area contributed by atoms with Crippen molar-refractivity contribution in [3.8, 4) is 11.5 Å². The van der Waals surface area contributed by atoms with Crippen LogP contribution in [0.15, 0.2) is 59.0 Å². The lowest BCUT2D eigenvalue weighted by Crippen LogP contribution is -2.15. The second-order valence-corrected chi connectivity index (χ2v) is 7.26. The van der Waals surface area contributed by atoms with Gasteiger partial charge in [0.1, 0.15) is 5.52 Å². The smallest absolute Gasteiger partial charge is 0.273 e. The molecule has 0 aliphatic heterocycles. The SMILES string of the molecule is Cc1ccc(-c2nc3cc(Cl)ccc3o2)cc1NC(=O)c1cccc([N+](=O)[O-])c1C. The predicted molar refractivity (Wildman–Crippen MR) is 115 cm³/mol. The lowest BCUT2D eigenvalue weighted by atomic mass is 10.1. The van der Waals surface area contributed by atoms with Crippen LogP contribution in [0.25, 0.3) is 22.6 Å². The van der Waals surface area contributed by atoms with Gasteiger partial charge in [-0.1, -0.05) is 23.7 Å². The van der Waals surface area contributed by atoms with Crippen molar-refractivity contribution in [3.63, 3.8) is 0 Å². The number of nitrogens with zero attached hydrogens (tertiary/aromatic N) is 2. The van der Waals surface area contributed by atoms with E-state index in [1.807, 2.05) is 19.1 Å². The Morgan fingerprint density at radius 3 is 2.70 bits per heavy atom. The molecule has 3 aromatic carbocycles. The highest BCUT2D eigenvalue weighted by Crippen LogP contribution is 2.30. The van der Waals surface area contributed by atoms with E-state index in [4.69, 9.17) is 16.0 Å². The Hall–Kier alpha value is -3.71. The summed E-state index contributed by atoms with van der Waals surface area (Å²) in [6, 6.07) is 15.0. The summed E-state index contributed by atoms with van der Waals surface area (Å²) >= 11 is 6.01. The molecule has 1 aromatic heterocycles. The first-order valence-electron chi connectivity index (χ1n) is 9.06. The van der Waals surface area contributed by atoms with Crippen LogP contribution in [0.4, 0.5) is 11.4 Å². The fourth-order valence-electron chi connectivity index (χ4n) is 3.17. The number of carbonyl (C=O) groups excluding carboxylic acids is 1. The highest BCUT2D eigenvalue weighted by atomic mass is 35.5. The van der Waals surface area contributed by atoms with E-state index in [1.165, 1.54) is 12.1 Å². The van der Waals surface area contributed by atoms with Crippen LogP contribution in [0.2, 0.25) is 5.02 Å². The summed E-state index contributed by atoms with van der Waals surface area (Å²) in [7, 11) is 0. The molecule has 150 valence electrons. The summed E-state index contributed by atoms with van der Waals surface area (Å²) in [5.41, 5.74) is 3.76. The van der Waals surface area contributed by atoms with Crippen LogP contribution < -0.4 is 5.32 Å². The predicted octanol–water partition coefficient (Wildman–Crippen LogP) is 5.93. The van der Waals surface area contributed by atoms with Crippen molar-refractivity contribution in [2.45, 2.75) is 13.8 Å². The minimum absolute atomic E-state index is 0.0988. The average Bonchev–Trinajstić information content (AvgIpc) is 3.12. The fraction of sp³-hybridized carbons (Fsp3) is 0.0909. The molecular formula is C22H16ClN3O4. The number of aryl methyl sites for hydroxylation is 1. The van der Waals surface area contributed by atoms with Crippen LogP contribution in [-0.2, 0) is 0 Å². The molecule has 1 N–H and O–H groups in total. The third-order valence-electron chi connectivity index (χ3n) is 4.83. The Morgan fingerprint density at radius 1 is 1.13 bits per heavy atom. The molecule has 0 fully saturated rings. The minimum atomic E-state index is -0.502. The molecule has 8 heteroatoms. The van der Waals surface area contributed by atoms with E-state index in [0.29, 0.717) is 38.8 Å². The number of rotatable bonds is 4. The Balaban J connectivity index is 1.68. The monoisotopic (exact) mass is 421 g/mol. The van der Waals surface area contributed by atoms with Crippen LogP contribution in [0.3, 0.4) is 0 Å². The number of hydrogen-bond acceptors (Lipinski definition) is 5. The van der Waals surface area contributed by atoms with Crippen molar-refractivity contribution >= 4 is 40.0 Å². The van der Waals surface area contributed by atoms with Gasteiger partial charge in [0.2, 0.25) is 5.89 Å². The standard InChI is InChI=1S/C22H16ClN3O4/c1-12-6-7-14(22-25-18-11-15(23)8-9-20(18)30-22)10-17(12)24-21(27)16-4-3-5-19(13(16)2)26(28)29/h3-11H,1-2H3,(H,24,27). The lowest BCUT2D eigenvalue weighted by molar-refractivity contribution is -0.385. The van der Waals surface area contributed by atoms with Gasteiger partial charge in [-0.25, -0.2) is 4.98 Å². The summed E-state index contributed by atoms with van der Waals surface area (Å²) in [6.07, 6.45) is 0. The largest absolute Gasteiger partial charge is 0.436 e. The van der Waals surface area contributed by atoms with Gasteiger partial charge in [0.15, 0.2) is 5.58 Å². The van der Waals surface area contributed by atoms with E-state index in [1.54, 1.807) is 37.3 Å². The molecule has 0 aliphatic rings. The van der Waals surface area contributed by atoms with Crippen molar-refractivity contribution in [2.75, 3.05) is 5.32 Å². The quantitative estimate of drug-likeness (QED) is 0.325. The van der Waals surface area contributed by atoms with Crippen molar-refractivity contribution in [1.29, 1.82) is 0 Å². The maximum Gasteiger partial charge on any atom is 0.273 e. The van der Waals surface area contributed by atoms with Crippen LogP contribution in [0.1, 0.15) is 21.5 Å². The van der Waals surface area contributed by atoms with Crippen molar-refractivity contribution in [3.05, 3.63) is 86.4 Å². The van der Waals surface area contributed by atoms with Gasteiger partial charge >= 0.3 is 0 Å². The molecule has 0 spiro atoms. The average molecular weight is 422 g/mol. The number of benzene rings is 3. The topological polar surface area (TPSA) is 98.3 Å². The second kappa shape index (κ2) is 7.61. The Kier molecular flexibility index (Phi) is 4.97. The number of oxazole rings is 1.